The first-order chi connectivity index (χ1) is 8.33. The molecule has 17 heavy (non-hydrogen) atoms. The minimum Gasteiger partial charge on any atom is -0.363 e. The molecule has 1 aliphatic carbocycles. The van der Waals surface area contributed by atoms with E-state index in [-0.39, 0.29) is 0 Å². The van der Waals surface area contributed by atoms with Crippen LogP contribution in [0.2, 0.25) is 0 Å². The van der Waals surface area contributed by atoms with Gasteiger partial charge in [-0.1, -0.05) is 6.07 Å². The number of fused-ring (bicyclic) bond motifs is 1. The average molecular weight is 309 g/mol. The molecule has 2 aromatic rings. The van der Waals surface area contributed by atoms with Gasteiger partial charge in [0.05, 0.1) is 6.04 Å². The minimum absolute atomic E-state index is 0.423. The molecule has 1 atom stereocenters. The molecule has 0 saturated heterocycles. The van der Waals surface area contributed by atoms with Gasteiger partial charge in [-0.05, 0) is 64.3 Å². The molecule has 0 radical (unpaired) electrons. The van der Waals surface area contributed by atoms with Crippen molar-refractivity contribution in [3.05, 3.63) is 44.7 Å². The maximum atomic E-state index is 4.43. The number of thiophene rings is 1. The van der Waals surface area contributed by atoms with Gasteiger partial charge in [0.25, 0.3) is 0 Å². The molecule has 2 aromatic heterocycles. The predicted octanol–water partition coefficient (Wildman–Crippen LogP) is 4.40. The minimum atomic E-state index is 0.423. The second kappa shape index (κ2) is 4.78. The fourth-order valence-corrected chi connectivity index (χ4v) is 3.63. The zero-order chi connectivity index (χ0) is 11.7. The highest BCUT2D eigenvalue weighted by molar-refractivity contribution is 9.10. The first kappa shape index (κ1) is 11.2. The highest BCUT2D eigenvalue weighted by atomic mass is 79.9. The van der Waals surface area contributed by atoms with Gasteiger partial charge < -0.3 is 5.32 Å². The van der Waals surface area contributed by atoms with Crippen LogP contribution in [-0.2, 0) is 6.42 Å². The second-order valence-electron chi connectivity index (χ2n) is 4.23. The van der Waals surface area contributed by atoms with E-state index in [1.54, 1.807) is 0 Å². The van der Waals surface area contributed by atoms with Crippen molar-refractivity contribution in [1.82, 2.24) is 4.98 Å². The number of hydrogen-bond acceptors (Lipinski definition) is 3. The van der Waals surface area contributed by atoms with Crippen molar-refractivity contribution >= 4 is 33.1 Å². The largest absolute Gasteiger partial charge is 0.363 e. The van der Waals surface area contributed by atoms with E-state index in [0.29, 0.717) is 6.04 Å². The van der Waals surface area contributed by atoms with Crippen LogP contribution in [0.4, 0.5) is 5.82 Å². The van der Waals surface area contributed by atoms with Crippen LogP contribution in [-0.4, -0.2) is 4.98 Å². The third-order valence-corrected chi connectivity index (χ3v) is 4.53. The van der Waals surface area contributed by atoms with E-state index in [1.165, 1.54) is 29.7 Å². The van der Waals surface area contributed by atoms with Crippen LogP contribution < -0.4 is 5.32 Å². The van der Waals surface area contributed by atoms with E-state index in [9.17, 15) is 0 Å². The Morgan fingerprint density at radius 1 is 1.35 bits per heavy atom. The molecule has 1 aliphatic rings. The molecule has 0 aliphatic heterocycles. The molecular formula is C13H13BrN2S. The summed E-state index contributed by atoms with van der Waals surface area (Å²) in [7, 11) is 0. The maximum absolute atomic E-state index is 4.43. The molecule has 1 N–H and O–H groups in total. The average Bonchev–Trinajstić information content (AvgIpc) is 2.78. The Bertz CT molecular complexity index is 524. The Balaban J connectivity index is 1.84. The van der Waals surface area contributed by atoms with Gasteiger partial charge in [-0.3, -0.25) is 0 Å². The number of rotatable bonds is 2. The molecule has 0 saturated carbocycles. The highest BCUT2D eigenvalue weighted by Crippen LogP contribution is 2.35. The second-order valence-corrected chi connectivity index (χ2v) is 6.05. The van der Waals surface area contributed by atoms with Crippen molar-refractivity contribution < 1.29 is 0 Å². The Hall–Kier alpha value is -0.870. The number of pyridine rings is 1. The summed E-state index contributed by atoms with van der Waals surface area (Å²) in [6, 6.07) is 8.64. The van der Waals surface area contributed by atoms with E-state index in [4.69, 9.17) is 0 Å². The highest BCUT2D eigenvalue weighted by Gasteiger charge is 2.21. The van der Waals surface area contributed by atoms with Gasteiger partial charge in [0, 0.05) is 4.88 Å². The van der Waals surface area contributed by atoms with Gasteiger partial charge in [-0.25, -0.2) is 4.98 Å². The molecule has 0 fully saturated rings. The molecule has 2 heterocycles. The molecule has 0 amide bonds. The summed E-state index contributed by atoms with van der Waals surface area (Å²) < 4.78 is 0.879. The van der Waals surface area contributed by atoms with Gasteiger partial charge >= 0.3 is 0 Å². The monoisotopic (exact) mass is 308 g/mol. The Morgan fingerprint density at radius 3 is 3.18 bits per heavy atom. The lowest BCUT2D eigenvalue weighted by Crippen LogP contribution is -2.16. The third-order valence-electron chi connectivity index (χ3n) is 3.09. The lowest BCUT2D eigenvalue weighted by molar-refractivity contribution is 0.607. The van der Waals surface area contributed by atoms with Crippen LogP contribution in [0, 0.1) is 0 Å². The van der Waals surface area contributed by atoms with Crippen LogP contribution in [0.25, 0.3) is 0 Å². The SMILES string of the molecule is Brc1cccc(NC2CCCc3sccc32)n1. The molecule has 4 heteroatoms. The number of halogens is 1. The normalized spacial score (nSPS) is 18.8. The van der Waals surface area contributed by atoms with E-state index in [1.807, 2.05) is 29.5 Å². The summed E-state index contributed by atoms with van der Waals surface area (Å²) in [5.74, 6) is 0.948. The van der Waals surface area contributed by atoms with Gasteiger partial charge in [0.15, 0.2) is 0 Å². The van der Waals surface area contributed by atoms with E-state index in [0.717, 1.165) is 10.4 Å². The van der Waals surface area contributed by atoms with Crippen LogP contribution in [0.5, 0.6) is 0 Å². The van der Waals surface area contributed by atoms with Crippen molar-refractivity contribution in [2.75, 3.05) is 5.32 Å². The molecule has 0 aromatic carbocycles. The van der Waals surface area contributed by atoms with Crippen molar-refractivity contribution in [2.45, 2.75) is 25.3 Å². The van der Waals surface area contributed by atoms with Crippen LogP contribution in [0.1, 0.15) is 29.3 Å². The summed E-state index contributed by atoms with van der Waals surface area (Å²) >= 11 is 5.28. The Morgan fingerprint density at radius 2 is 2.29 bits per heavy atom. The molecule has 0 spiro atoms. The van der Waals surface area contributed by atoms with Crippen molar-refractivity contribution in [2.24, 2.45) is 0 Å². The standard InChI is InChI=1S/C13H13BrN2S/c14-12-5-2-6-13(16-12)15-10-3-1-4-11-9(10)7-8-17-11/h2,5-8,10H,1,3-4H2,(H,15,16). The van der Waals surface area contributed by atoms with Gasteiger partial charge in [0.2, 0.25) is 0 Å². The number of aromatic nitrogens is 1. The number of hydrogen-bond donors (Lipinski definition) is 1. The Kier molecular flexibility index (Phi) is 3.16. The lowest BCUT2D eigenvalue weighted by atomic mass is 9.94. The van der Waals surface area contributed by atoms with Crippen molar-refractivity contribution in [3.63, 3.8) is 0 Å². The molecule has 2 nitrogen and oxygen atoms in total. The fourth-order valence-electron chi connectivity index (χ4n) is 2.30. The van der Waals surface area contributed by atoms with E-state index < -0.39 is 0 Å². The number of anilines is 1. The maximum Gasteiger partial charge on any atom is 0.127 e. The summed E-state index contributed by atoms with van der Waals surface area (Å²) in [6.45, 7) is 0. The quantitative estimate of drug-likeness (QED) is 0.832. The summed E-state index contributed by atoms with van der Waals surface area (Å²) in [5.41, 5.74) is 1.46. The zero-order valence-electron chi connectivity index (χ0n) is 9.32. The lowest BCUT2D eigenvalue weighted by Gasteiger charge is -2.24. The smallest absolute Gasteiger partial charge is 0.127 e. The van der Waals surface area contributed by atoms with Crippen molar-refractivity contribution in [1.29, 1.82) is 0 Å². The molecule has 3 rings (SSSR count). The zero-order valence-corrected chi connectivity index (χ0v) is 11.7. The first-order valence-electron chi connectivity index (χ1n) is 5.78. The van der Waals surface area contributed by atoms with E-state index >= 15 is 0 Å². The fraction of sp³-hybridized carbons (Fsp3) is 0.308. The number of nitrogens with one attached hydrogen (secondary N) is 1. The molecule has 0 bridgehead atoms. The van der Waals surface area contributed by atoms with Gasteiger partial charge in [-0.15, -0.1) is 11.3 Å². The predicted molar refractivity (Wildman–Crippen MR) is 75.6 cm³/mol. The summed E-state index contributed by atoms with van der Waals surface area (Å²) in [4.78, 5) is 5.96. The summed E-state index contributed by atoms with van der Waals surface area (Å²) in [5, 5.41) is 5.72. The van der Waals surface area contributed by atoms with Crippen molar-refractivity contribution in [3.8, 4) is 0 Å². The van der Waals surface area contributed by atoms with Crippen LogP contribution >= 0.6 is 27.3 Å². The van der Waals surface area contributed by atoms with Gasteiger partial charge in [0.1, 0.15) is 10.4 Å². The molecular weight excluding hydrogens is 296 g/mol. The van der Waals surface area contributed by atoms with Gasteiger partial charge in [-0.2, -0.15) is 0 Å². The van der Waals surface area contributed by atoms with Crippen LogP contribution in [0.3, 0.4) is 0 Å². The number of aryl methyl sites for hydroxylation is 1. The third kappa shape index (κ3) is 2.38. The van der Waals surface area contributed by atoms with Crippen LogP contribution in [0.15, 0.2) is 34.2 Å². The molecule has 88 valence electrons. The first-order valence-corrected chi connectivity index (χ1v) is 7.45. The molecule has 1 unspecified atom stereocenters. The Labute approximate surface area is 113 Å². The van der Waals surface area contributed by atoms with E-state index in [2.05, 4.69) is 37.7 Å². The topological polar surface area (TPSA) is 24.9 Å². The summed E-state index contributed by atoms with van der Waals surface area (Å²) in [6.07, 6.45) is 3.69. The number of nitrogens with zero attached hydrogens (tertiary/aromatic N) is 1.